The monoisotopic (exact) mass is 192 g/mol. The summed E-state index contributed by atoms with van der Waals surface area (Å²) in [5, 5.41) is 3.35. The molecular formula is C12H20N2. The van der Waals surface area contributed by atoms with E-state index in [4.69, 9.17) is 0 Å². The van der Waals surface area contributed by atoms with Crippen LogP contribution < -0.4 is 5.32 Å². The second-order valence-corrected chi connectivity index (χ2v) is 4.38. The first-order valence-corrected chi connectivity index (χ1v) is 5.23. The molecule has 1 aromatic rings. The summed E-state index contributed by atoms with van der Waals surface area (Å²) in [5.41, 5.74) is 3.58. The van der Waals surface area contributed by atoms with Crippen LogP contribution in [0.4, 0.5) is 5.69 Å². The molecule has 2 nitrogen and oxygen atoms in total. The van der Waals surface area contributed by atoms with Crippen molar-refractivity contribution < 1.29 is 0 Å². The fraction of sp³-hybridized carbons (Fsp3) is 0.583. The number of anilines is 1. The van der Waals surface area contributed by atoms with Gasteiger partial charge in [0.25, 0.3) is 0 Å². The Morgan fingerprint density at radius 2 is 1.86 bits per heavy atom. The van der Waals surface area contributed by atoms with Crippen LogP contribution >= 0.6 is 0 Å². The van der Waals surface area contributed by atoms with E-state index in [9.17, 15) is 0 Å². The summed E-state index contributed by atoms with van der Waals surface area (Å²) in [4.78, 5) is 4.47. The van der Waals surface area contributed by atoms with Crippen molar-refractivity contribution in [2.24, 2.45) is 0 Å². The van der Waals surface area contributed by atoms with Crippen molar-refractivity contribution in [2.45, 2.75) is 46.6 Å². The van der Waals surface area contributed by atoms with Gasteiger partial charge in [0.2, 0.25) is 0 Å². The molecule has 0 amide bonds. The molecule has 0 saturated carbocycles. The van der Waals surface area contributed by atoms with Gasteiger partial charge in [0.15, 0.2) is 0 Å². The van der Waals surface area contributed by atoms with Gasteiger partial charge in [-0.25, -0.2) is 0 Å². The summed E-state index contributed by atoms with van der Waals surface area (Å²) in [5.74, 6) is 0.503. The minimum atomic E-state index is 0.459. The number of nitrogens with zero attached hydrogens (tertiary/aromatic N) is 1. The molecule has 0 aliphatic carbocycles. The Morgan fingerprint density at radius 1 is 1.21 bits per heavy atom. The van der Waals surface area contributed by atoms with E-state index in [1.165, 1.54) is 11.3 Å². The fourth-order valence-electron chi connectivity index (χ4n) is 1.60. The third kappa shape index (κ3) is 2.72. The van der Waals surface area contributed by atoms with Crippen molar-refractivity contribution >= 4 is 5.69 Å². The van der Waals surface area contributed by atoms with Gasteiger partial charge < -0.3 is 5.32 Å². The number of nitrogens with one attached hydrogen (secondary N) is 1. The molecule has 14 heavy (non-hydrogen) atoms. The lowest BCUT2D eigenvalue weighted by Crippen LogP contribution is -2.10. The number of aromatic nitrogens is 1. The maximum atomic E-state index is 4.47. The Labute approximate surface area is 86.8 Å². The zero-order valence-corrected chi connectivity index (χ0v) is 9.76. The molecule has 0 aliphatic heterocycles. The van der Waals surface area contributed by atoms with Gasteiger partial charge in [0, 0.05) is 11.7 Å². The van der Waals surface area contributed by atoms with Crippen LogP contribution in [0.1, 0.15) is 44.9 Å². The highest BCUT2D eigenvalue weighted by Gasteiger charge is 2.05. The normalized spacial score (nSPS) is 11.1. The number of hydrogen-bond donors (Lipinski definition) is 1. The predicted octanol–water partition coefficient (Wildman–Crippen LogP) is 3.33. The van der Waals surface area contributed by atoms with Gasteiger partial charge in [-0.15, -0.1) is 0 Å². The first-order chi connectivity index (χ1) is 6.50. The lowest BCUT2D eigenvalue weighted by atomic mass is 10.0. The molecule has 0 radical (unpaired) electrons. The predicted molar refractivity (Wildman–Crippen MR) is 61.8 cm³/mol. The Bertz CT molecular complexity index is 303. The minimum Gasteiger partial charge on any atom is -0.382 e. The molecule has 1 aromatic heterocycles. The van der Waals surface area contributed by atoms with E-state index in [-0.39, 0.29) is 0 Å². The number of pyridine rings is 1. The molecule has 1 heterocycles. The molecule has 78 valence electrons. The molecule has 2 heteroatoms. The summed E-state index contributed by atoms with van der Waals surface area (Å²) in [6, 6.07) is 2.63. The van der Waals surface area contributed by atoms with Crippen molar-refractivity contribution in [3.05, 3.63) is 23.5 Å². The van der Waals surface area contributed by atoms with Crippen LogP contribution in [0.25, 0.3) is 0 Å². The highest BCUT2D eigenvalue weighted by molar-refractivity contribution is 5.45. The SMILES string of the molecule is Cc1cc(NC(C)C)cnc1C(C)C. The second-order valence-electron chi connectivity index (χ2n) is 4.38. The van der Waals surface area contributed by atoms with Gasteiger partial charge in [0.05, 0.1) is 11.9 Å². The molecule has 1 N–H and O–H groups in total. The topological polar surface area (TPSA) is 24.9 Å². The van der Waals surface area contributed by atoms with Crippen LogP contribution in [0, 0.1) is 6.92 Å². The lowest BCUT2D eigenvalue weighted by Gasteiger charge is -2.13. The average molecular weight is 192 g/mol. The minimum absolute atomic E-state index is 0.459. The van der Waals surface area contributed by atoms with Gasteiger partial charge in [-0.1, -0.05) is 13.8 Å². The Morgan fingerprint density at radius 3 is 2.29 bits per heavy atom. The molecular weight excluding hydrogens is 172 g/mol. The van der Waals surface area contributed by atoms with Gasteiger partial charge >= 0.3 is 0 Å². The molecule has 0 spiro atoms. The molecule has 0 saturated heterocycles. The lowest BCUT2D eigenvalue weighted by molar-refractivity contribution is 0.809. The maximum absolute atomic E-state index is 4.47. The Hall–Kier alpha value is -1.05. The van der Waals surface area contributed by atoms with Gasteiger partial charge in [-0.2, -0.15) is 0 Å². The molecule has 0 unspecified atom stereocenters. The van der Waals surface area contributed by atoms with Crippen molar-refractivity contribution in [2.75, 3.05) is 5.32 Å². The standard InChI is InChI=1S/C12H20N2/c1-8(2)12-10(5)6-11(7-13-12)14-9(3)4/h6-9,14H,1-5H3. The molecule has 0 aromatic carbocycles. The molecule has 0 bridgehead atoms. The molecule has 0 atom stereocenters. The van der Waals surface area contributed by atoms with E-state index in [1.807, 2.05) is 6.20 Å². The van der Waals surface area contributed by atoms with Crippen LogP contribution in [0.2, 0.25) is 0 Å². The summed E-state index contributed by atoms with van der Waals surface area (Å²) < 4.78 is 0. The smallest absolute Gasteiger partial charge is 0.0531 e. The first-order valence-electron chi connectivity index (χ1n) is 5.23. The number of rotatable bonds is 3. The summed E-state index contributed by atoms with van der Waals surface area (Å²) in [6.45, 7) is 10.7. The van der Waals surface area contributed by atoms with Gasteiger partial charge in [-0.3, -0.25) is 4.98 Å². The quantitative estimate of drug-likeness (QED) is 0.794. The maximum Gasteiger partial charge on any atom is 0.0531 e. The highest BCUT2D eigenvalue weighted by Crippen LogP contribution is 2.19. The zero-order chi connectivity index (χ0) is 10.7. The Balaban J connectivity index is 2.89. The van der Waals surface area contributed by atoms with E-state index < -0.39 is 0 Å². The number of hydrogen-bond acceptors (Lipinski definition) is 2. The largest absolute Gasteiger partial charge is 0.382 e. The van der Waals surface area contributed by atoms with Crippen LogP contribution in [0.15, 0.2) is 12.3 Å². The van der Waals surface area contributed by atoms with Crippen LogP contribution in [-0.2, 0) is 0 Å². The zero-order valence-electron chi connectivity index (χ0n) is 9.76. The second kappa shape index (κ2) is 4.45. The molecule has 1 rings (SSSR count). The third-order valence-electron chi connectivity index (χ3n) is 2.12. The van der Waals surface area contributed by atoms with Crippen molar-refractivity contribution in [1.82, 2.24) is 4.98 Å². The fourth-order valence-corrected chi connectivity index (χ4v) is 1.60. The van der Waals surface area contributed by atoms with Crippen molar-refractivity contribution in [1.29, 1.82) is 0 Å². The van der Waals surface area contributed by atoms with Gasteiger partial charge in [-0.05, 0) is 38.3 Å². The van der Waals surface area contributed by atoms with Gasteiger partial charge in [0.1, 0.15) is 0 Å². The van der Waals surface area contributed by atoms with E-state index in [2.05, 4.69) is 51.0 Å². The molecule has 0 aliphatic rings. The third-order valence-corrected chi connectivity index (χ3v) is 2.12. The van der Waals surface area contributed by atoms with E-state index in [1.54, 1.807) is 0 Å². The average Bonchev–Trinajstić information content (AvgIpc) is 2.01. The van der Waals surface area contributed by atoms with Crippen LogP contribution in [0.3, 0.4) is 0 Å². The first kappa shape index (κ1) is 11.0. The molecule has 0 fully saturated rings. The van der Waals surface area contributed by atoms with Crippen molar-refractivity contribution in [3.8, 4) is 0 Å². The number of aryl methyl sites for hydroxylation is 1. The van der Waals surface area contributed by atoms with E-state index in [0.29, 0.717) is 12.0 Å². The Kier molecular flexibility index (Phi) is 3.50. The van der Waals surface area contributed by atoms with Crippen molar-refractivity contribution in [3.63, 3.8) is 0 Å². The summed E-state index contributed by atoms with van der Waals surface area (Å²) in [7, 11) is 0. The van der Waals surface area contributed by atoms with Crippen LogP contribution in [0.5, 0.6) is 0 Å². The summed E-state index contributed by atoms with van der Waals surface area (Å²) in [6.07, 6.45) is 1.92. The van der Waals surface area contributed by atoms with Crippen LogP contribution in [-0.4, -0.2) is 11.0 Å². The highest BCUT2D eigenvalue weighted by atomic mass is 14.9. The van der Waals surface area contributed by atoms with E-state index in [0.717, 1.165) is 5.69 Å². The summed E-state index contributed by atoms with van der Waals surface area (Å²) >= 11 is 0. The van der Waals surface area contributed by atoms with E-state index >= 15 is 0 Å².